The molecular formula is C14H15N3O3. The average molecular weight is 273 g/mol. The van der Waals surface area contributed by atoms with Gasteiger partial charge in [0, 0.05) is 18.7 Å². The fourth-order valence-electron chi connectivity index (χ4n) is 2.55. The second-order valence-corrected chi connectivity index (χ2v) is 4.89. The van der Waals surface area contributed by atoms with Crippen molar-refractivity contribution in [3.63, 3.8) is 0 Å². The van der Waals surface area contributed by atoms with E-state index < -0.39 is 0 Å². The largest absolute Gasteiger partial charge is 0.469 e. The molecule has 3 rings (SSSR count). The Balaban J connectivity index is 1.77. The molecule has 1 aromatic carbocycles. The molecule has 1 aromatic heterocycles. The lowest BCUT2D eigenvalue weighted by Crippen LogP contribution is -2.30. The van der Waals surface area contributed by atoms with Crippen molar-refractivity contribution >= 4 is 22.9 Å². The van der Waals surface area contributed by atoms with Gasteiger partial charge in [0.25, 0.3) is 5.91 Å². The van der Waals surface area contributed by atoms with Gasteiger partial charge in [0.1, 0.15) is 0 Å². The third-order valence-electron chi connectivity index (χ3n) is 3.68. The highest BCUT2D eigenvalue weighted by atomic mass is 16.5. The molecule has 20 heavy (non-hydrogen) atoms. The highest BCUT2D eigenvalue weighted by Gasteiger charge is 2.32. The second kappa shape index (κ2) is 4.96. The van der Waals surface area contributed by atoms with Crippen LogP contribution in [-0.4, -0.2) is 46.9 Å². The number of aromatic nitrogens is 2. The van der Waals surface area contributed by atoms with Gasteiger partial charge in [-0.2, -0.15) is 0 Å². The van der Waals surface area contributed by atoms with Crippen LogP contribution in [-0.2, 0) is 9.53 Å². The minimum atomic E-state index is -0.246. The number of H-pyrrole nitrogens is 1. The summed E-state index contributed by atoms with van der Waals surface area (Å²) in [6.45, 7) is 1.01. The summed E-state index contributed by atoms with van der Waals surface area (Å²) in [5.41, 5.74) is 2.27. The maximum Gasteiger partial charge on any atom is 0.310 e. The van der Waals surface area contributed by atoms with Crippen molar-refractivity contribution in [1.82, 2.24) is 14.9 Å². The van der Waals surface area contributed by atoms with Crippen LogP contribution in [0.3, 0.4) is 0 Å². The lowest BCUT2D eigenvalue weighted by atomic mass is 10.1. The monoisotopic (exact) mass is 273 g/mol. The Morgan fingerprint density at radius 2 is 2.30 bits per heavy atom. The standard InChI is InChI=1S/C14H15N3O3/c1-20-14(19)10-4-5-17(7-10)13(18)9-2-3-11-12(6-9)16-8-15-11/h2-3,6,8,10H,4-5,7H2,1H3,(H,15,16). The molecule has 1 unspecified atom stereocenters. The number of likely N-dealkylation sites (tertiary alicyclic amines) is 1. The predicted octanol–water partition coefficient (Wildman–Crippen LogP) is 1.20. The number of ether oxygens (including phenoxy) is 1. The highest BCUT2D eigenvalue weighted by molar-refractivity contribution is 5.97. The number of aromatic amines is 1. The van der Waals surface area contributed by atoms with Crippen LogP contribution in [0.15, 0.2) is 24.5 Å². The number of methoxy groups -OCH3 is 1. The highest BCUT2D eigenvalue weighted by Crippen LogP contribution is 2.21. The van der Waals surface area contributed by atoms with E-state index in [0.29, 0.717) is 25.1 Å². The molecule has 0 spiro atoms. The van der Waals surface area contributed by atoms with Crippen molar-refractivity contribution in [2.24, 2.45) is 5.92 Å². The number of fused-ring (bicyclic) bond motifs is 1. The number of amides is 1. The van der Waals surface area contributed by atoms with Gasteiger partial charge >= 0.3 is 5.97 Å². The molecular weight excluding hydrogens is 258 g/mol. The minimum absolute atomic E-state index is 0.0621. The third kappa shape index (κ3) is 2.13. The average Bonchev–Trinajstić information content (AvgIpc) is 3.13. The normalized spacial score (nSPS) is 18.4. The zero-order valence-electron chi connectivity index (χ0n) is 11.1. The van der Waals surface area contributed by atoms with Crippen LogP contribution in [0.5, 0.6) is 0 Å². The molecule has 0 radical (unpaired) electrons. The molecule has 104 valence electrons. The quantitative estimate of drug-likeness (QED) is 0.834. The Morgan fingerprint density at radius 1 is 1.45 bits per heavy atom. The molecule has 1 N–H and O–H groups in total. The molecule has 2 aromatic rings. The number of carbonyl (C=O) groups is 2. The molecule has 0 saturated carbocycles. The fraction of sp³-hybridized carbons (Fsp3) is 0.357. The van der Waals surface area contributed by atoms with Crippen molar-refractivity contribution in [3.05, 3.63) is 30.1 Å². The summed E-state index contributed by atoms with van der Waals surface area (Å²) < 4.78 is 4.72. The Hall–Kier alpha value is -2.37. The molecule has 1 fully saturated rings. The topological polar surface area (TPSA) is 75.3 Å². The SMILES string of the molecule is COC(=O)C1CCN(C(=O)c2ccc3nc[nH]c3c2)C1. The summed E-state index contributed by atoms with van der Waals surface area (Å²) in [7, 11) is 1.37. The smallest absolute Gasteiger partial charge is 0.310 e. The van der Waals surface area contributed by atoms with Crippen molar-refractivity contribution in [2.75, 3.05) is 20.2 Å². The van der Waals surface area contributed by atoms with Gasteiger partial charge in [0.2, 0.25) is 0 Å². The van der Waals surface area contributed by atoms with Crippen LogP contribution in [0.4, 0.5) is 0 Å². The zero-order chi connectivity index (χ0) is 14.1. The van der Waals surface area contributed by atoms with Crippen LogP contribution < -0.4 is 0 Å². The molecule has 2 heterocycles. The van der Waals surface area contributed by atoms with Gasteiger partial charge in [-0.3, -0.25) is 9.59 Å². The summed E-state index contributed by atoms with van der Waals surface area (Å²) >= 11 is 0. The van der Waals surface area contributed by atoms with Gasteiger partial charge in [-0.15, -0.1) is 0 Å². The molecule has 1 aliphatic heterocycles. The van der Waals surface area contributed by atoms with Gasteiger partial charge in [-0.1, -0.05) is 0 Å². The molecule has 1 aliphatic rings. The number of nitrogens with one attached hydrogen (secondary N) is 1. The molecule has 6 heteroatoms. The van der Waals surface area contributed by atoms with Crippen LogP contribution in [0.25, 0.3) is 11.0 Å². The summed E-state index contributed by atoms with van der Waals surface area (Å²) in [5.74, 6) is -0.517. The van der Waals surface area contributed by atoms with Gasteiger partial charge in [0.15, 0.2) is 0 Å². The van der Waals surface area contributed by atoms with E-state index in [-0.39, 0.29) is 17.8 Å². The summed E-state index contributed by atoms with van der Waals surface area (Å²) in [6.07, 6.45) is 2.26. The molecule has 6 nitrogen and oxygen atoms in total. The van der Waals surface area contributed by atoms with Crippen molar-refractivity contribution < 1.29 is 14.3 Å². The molecule has 1 atom stereocenters. The number of carbonyl (C=O) groups excluding carboxylic acids is 2. The maximum atomic E-state index is 12.4. The lowest BCUT2D eigenvalue weighted by Gasteiger charge is -2.16. The lowest BCUT2D eigenvalue weighted by molar-refractivity contribution is -0.144. The second-order valence-electron chi connectivity index (χ2n) is 4.89. The Bertz CT molecular complexity index is 664. The van der Waals surface area contributed by atoms with Crippen molar-refractivity contribution in [1.29, 1.82) is 0 Å². The Labute approximate surface area is 115 Å². The van der Waals surface area contributed by atoms with Crippen molar-refractivity contribution in [2.45, 2.75) is 6.42 Å². The number of imidazole rings is 1. The van der Waals surface area contributed by atoms with Crippen molar-refractivity contribution in [3.8, 4) is 0 Å². The van der Waals surface area contributed by atoms with E-state index in [0.717, 1.165) is 11.0 Å². The van der Waals surface area contributed by atoms with Crippen LogP contribution >= 0.6 is 0 Å². The van der Waals surface area contributed by atoms with Crippen LogP contribution in [0, 0.1) is 5.92 Å². The Kier molecular flexibility index (Phi) is 3.14. The van der Waals surface area contributed by atoms with E-state index in [1.807, 2.05) is 6.07 Å². The van der Waals surface area contributed by atoms with Gasteiger partial charge in [0.05, 0.1) is 30.4 Å². The summed E-state index contributed by atoms with van der Waals surface area (Å²) in [6, 6.07) is 5.36. The minimum Gasteiger partial charge on any atom is -0.469 e. The van der Waals surface area contributed by atoms with E-state index in [2.05, 4.69) is 9.97 Å². The maximum absolute atomic E-state index is 12.4. The molecule has 0 aliphatic carbocycles. The first-order chi connectivity index (χ1) is 9.69. The zero-order valence-corrected chi connectivity index (χ0v) is 11.1. The molecule has 0 bridgehead atoms. The number of rotatable bonds is 2. The van der Waals surface area contributed by atoms with E-state index in [1.54, 1.807) is 23.4 Å². The van der Waals surface area contributed by atoms with E-state index in [1.165, 1.54) is 7.11 Å². The summed E-state index contributed by atoms with van der Waals surface area (Å²) in [4.78, 5) is 32.7. The predicted molar refractivity (Wildman–Crippen MR) is 72.1 cm³/mol. The third-order valence-corrected chi connectivity index (χ3v) is 3.68. The Morgan fingerprint density at radius 3 is 3.10 bits per heavy atom. The molecule has 1 amide bonds. The summed E-state index contributed by atoms with van der Waals surface area (Å²) in [5, 5.41) is 0. The fourth-order valence-corrected chi connectivity index (χ4v) is 2.55. The van der Waals surface area contributed by atoms with Crippen LogP contribution in [0.2, 0.25) is 0 Å². The number of nitrogens with zero attached hydrogens (tertiary/aromatic N) is 2. The number of esters is 1. The number of hydrogen-bond donors (Lipinski definition) is 1. The van der Waals surface area contributed by atoms with E-state index >= 15 is 0 Å². The van der Waals surface area contributed by atoms with E-state index in [4.69, 9.17) is 4.74 Å². The first kappa shape index (κ1) is 12.7. The first-order valence-corrected chi connectivity index (χ1v) is 6.49. The van der Waals surface area contributed by atoms with Gasteiger partial charge in [-0.05, 0) is 24.6 Å². The number of hydrogen-bond acceptors (Lipinski definition) is 4. The van der Waals surface area contributed by atoms with E-state index in [9.17, 15) is 9.59 Å². The number of benzene rings is 1. The van der Waals surface area contributed by atoms with Crippen LogP contribution in [0.1, 0.15) is 16.8 Å². The first-order valence-electron chi connectivity index (χ1n) is 6.49. The molecule has 1 saturated heterocycles. The van der Waals surface area contributed by atoms with Gasteiger partial charge in [-0.25, -0.2) is 4.98 Å². The van der Waals surface area contributed by atoms with Gasteiger partial charge < -0.3 is 14.6 Å².